The standard InChI is InChI=1S/C13H21F3N2O3/c1-3-9(4-2)18-11(19)7-10(12(18)20)17-5-6-21-8-13(14,15)16/h9-10,17H,3-8H2,1-2H3. The third-order valence-corrected chi connectivity index (χ3v) is 3.39. The number of ether oxygens (including phenoxy) is 1. The highest BCUT2D eigenvalue weighted by Crippen LogP contribution is 2.20. The number of rotatable bonds is 8. The molecular weight excluding hydrogens is 289 g/mol. The Kier molecular flexibility index (Phi) is 6.60. The summed E-state index contributed by atoms with van der Waals surface area (Å²) in [5.41, 5.74) is 0. The number of nitrogens with one attached hydrogen (secondary N) is 1. The third-order valence-electron chi connectivity index (χ3n) is 3.39. The van der Waals surface area contributed by atoms with Crippen LogP contribution in [0.4, 0.5) is 13.2 Å². The summed E-state index contributed by atoms with van der Waals surface area (Å²) in [5, 5.41) is 2.78. The molecular formula is C13H21F3N2O3. The van der Waals surface area contributed by atoms with Gasteiger partial charge in [0.25, 0.3) is 0 Å². The number of nitrogens with zero attached hydrogens (tertiary/aromatic N) is 1. The lowest BCUT2D eigenvalue weighted by atomic mass is 10.1. The predicted molar refractivity (Wildman–Crippen MR) is 69.5 cm³/mol. The first-order chi connectivity index (χ1) is 9.80. The van der Waals surface area contributed by atoms with Crippen molar-refractivity contribution in [2.45, 2.75) is 51.4 Å². The second kappa shape index (κ2) is 7.74. The Hall–Kier alpha value is -1.15. The lowest BCUT2D eigenvalue weighted by Gasteiger charge is -2.24. The van der Waals surface area contributed by atoms with E-state index in [-0.39, 0.29) is 37.4 Å². The van der Waals surface area contributed by atoms with Crippen LogP contribution in [0.25, 0.3) is 0 Å². The highest BCUT2D eigenvalue weighted by Gasteiger charge is 2.40. The van der Waals surface area contributed by atoms with Gasteiger partial charge in [-0.25, -0.2) is 0 Å². The van der Waals surface area contributed by atoms with E-state index in [1.807, 2.05) is 13.8 Å². The van der Waals surface area contributed by atoms with Crippen molar-refractivity contribution >= 4 is 11.8 Å². The maximum atomic E-state index is 12.1. The fourth-order valence-corrected chi connectivity index (χ4v) is 2.34. The Morgan fingerprint density at radius 1 is 1.33 bits per heavy atom. The molecule has 1 aliphatic heterocycles. The molecule has 0 aliphatic carbocycles. The predicted octanol–water partition coefficient (Wildman–Crippen LogP) is 1.47. The van der Waals surface area contributed by atoms with E-state index in [9.17, 15) is 22.8 Å². The summed E-state index contributed by atoms with van der Waals surface area (Å²) >= 11 is 0. The van der Waals surface area contributed by atoms with Gasteiger partial charge in [-0.2, -0.15) is 13.2 Å². The monoisotopic (exact) mass is 310 g/mol. The summed E-state index contributed by atoms with van der Waals surface area (Å²) in [6.45, 7) is 2.42. The lowest BCUT2D eigenvalue weighted by Crippen LogP contribution is -2.44. The van der Waals surface area contributed by atoms with Crippen LogP contribution in [-0.2, 0) is 14.3 Å². The number of carbonyl (C=O) groups is 2. The molecule has 0 bridgehead atoms. The molecule has 1 rings (SSSR count). The van der Waals surface area contributed by atoms with E-state index in [2.05, 4.69) is 10.1 Å². The van der Waals surface area contributed by atoms with Crippen LogP contribution in [0.5, 0.6) is 0 Å². The fraction of sp³-hybridized carbons (Fsp3) is 0.846. The molecule has 0 spiro atoms. The number of alkyl halides is 3. The molecule has 1 fully saturated rings. The van der Waals surface area contributed by atoms with Crippen LogP contribution in [0.2, 0.25) is 0 Å². The normalized spacial score (nSPS) is 19.9. The molecule has 1 heterocycles. The Labute approximate surface area is 121 Å². The molecule has 0 aromatic rings. The average Bonchev–Trinajstić information content (AvgIpc) is 2.66. The molecule has 1 atom stereocenters. The minimum atomic E-state index is -4.36. The van der Waals surface area contributed by atoms with Crippen molar-refractivity contribution in [3.8, 4) is 0 Å². The molecule has 1 unspecified atom stereocenters. The van der Waals surface area contributed by atoms with Crippen LogP contribution in [0.3, 0.4) is 0 Å². The summed E-state index contributed by atoms with van der Waals surface area (Å²) in [7, 11) is 0. The van der Waals surface area contributed by atoms with E-state index < -0.39 is 18.8 Å². The number of halogens is 3. The zero-order valence-corrected chi connectivity index (χ0v) is 12.2. The van der Waals surface area contributed by atoms with Gasteiger partial charge in [0, 0.05) is 12.6 Å². The SMILES string of the molecule is CCC(CC)N1C(=O)CC(NCCOCC(F)(F)F)C1=O. The maximum Gasteiger partial charge on any atom is 0.411 e. The number of imide groups is 1. The van der Waals surface area contributed by atoms with Crippen molar-refractivity contribution in [1.82, 2.24) is 10.2 Å². The molecule has 1 saturated heterocycles. The maximum absolute atomic E-state index is 12.1. The molecule has 0 aromatic carbocycles. The van der Waals surface area contributed by atoms with Gasteiger partial charge in [0.2, 0.25) is 11.8 Å². The van der Waals surface area contributed by atoms with Crippen molar-refractivity contribution in [1.29, 1.82) is 0 Å². The zero-order chi connectivity index (χ0) is 16.0. The van der Waals surface area contributed by atoms with Crippen molar-refractivity contribution < 1.29 is 27.5 Å². The number of likely N-dealkylation sites (tertiary alicyclic amines) is 1. The van der Waals surface area contributed by atoms with E-state index in [0.29, 0.717) is 12.8 Å². The van der Waals surface area contributed by atoms with Gasteiger partial charge in [-0.15, -0.1) is 0 Å². The van der Waals surface area contributed by atoms with Gasteiger partial charge in [0.05, 0.1) is 19.1 Å². The number of carbonyl (C=O) groups excluding carboxylic acids is 2. The summed E-state index contributed by atoms with van der Waals surface area (Å²) in [4.78, 5) is 25.3. The fourth-order valence-electron chi connectivity index (χ4n) is 2.34. The van der Waals surface area contributed by atoms with E-state index in [0.717, 1.165) is 0 Å². The van der Waals surface area contributed by atoms with Gasteiger partial charge in [-0.3, -0.25) is 14.5 Å². The largest absolute Gasteiger partial charge is 0.411 e. The molecule has 5 nitrogen and oxygen atoms in total. The Morgan fingerprint density at radius 2 is 1.95 bits per heavy atom. The summed E-state index contributed by atoms with van der Waals surface area (Å²) < 4.78 is 40.0. The molecule has 21 heavy (non-hydrogen) atoms. The van der Waals surface area contributed by atoms with Crippen molar-refractivity contribution in [3.05, 3.63) is 0 Å². The van der Waals surface area contributed by atoms with Gasteiger partial charge < -0.3 is 10.1 Å². The van der Waals surface area contributed by atoms with Crippen molar-refractivity contribution in [3.63, 3.8) is 0 Å². The molecule has 122 valence electrons. The van der Waals surface area contributed by atoms with Crippen LogP contribution in [0, 0.1) is 0 Å². The van der Waals surface area contributed by atoms with Gasteiger partial charge in [-0.05, 0) is 12.8 Å². The summed E-state index contributed by atoms with van der Waals surface area (Å²) in [6.07, 6.45) is -2.93. The molecule has 8 heteroatoms. The van der Waals surface area contributed by atoms with E-state index in [4.69, 9.17) is 0 Å². The molecule has 1 N–H and O–H groups in total. The Morgan fingerprint density at radius 3 is 2.48 bits per heavy atom. The van der Waals surface area contributed by atoms with E-state index >= 15 is 0 Å². The van der Waals surface area contributed by atoms with E-state index in [1.165, 1.54) is 4.90 Å². The summed E-state index contributed by atoms with van der Waals surface area (Å²) in [5.74, 6) is -0.535. The van der Waals surface area contributed by atoms with Crippen LogP contribution >= 0.6 is 0 Å². The number of hydrogen-bond acceptors (Lipinski definition) is 4. The van der Waals surface area contributed by atoms with Crippen molar-refractivity contribution in [2.24, 2.45) is 0 Å². The van der Waals surface area contributed by atoms with Crippen LogP contribution in [-0.4, -0.2) is 54.7 Å². The number of hydrogen-bond donors (Lipinski definition) is 1. The Bertz CT molecular complexity index is 370. The first-order valence-electron chi connectivity index (χ1n) is 7.03. The van der Waals surface area contributed by atoms with Crippen LogP contribution < -0.4 is 5.32 Å². The van der Waals surface area contributed by atoms with Gasteiger partial charge >= 0.3 is 6.18 Å². The van der Waals surface area contributed by atoms with Crippen molar-refractivity contribution in [2.75, 3.05) is 19.8 Å². The topological polar surface area (TPSA) is 58.6 Å². The zero-order valence-electron chi connectivity index (χ0n) is 12.2. The molecule has 0 radical (unpaired) electrons. The molecule has 2 amide bonds. The highest BCUT2D eigenvalue weighted by atomic mass is 19.4. The van der Waals surface area contributed by atoms with Gasteiger partial charge in [0.15, 0.2) is 0 Å². The quantitative estimate of drug-likeness (QED) is 0.545. The minimum Gasteiger partial charge on any atom is -0.371 e. The van der Waals surface area contributed by atoms with Crippen LogP contribution in [0.1, 0.15) is 33.1 Å². The first kappa shape index (κ1) is 17.9. The van der Waals surface area contributed by atoms with Gasteiger partial charge in [0.1, 0.15) is 6.61 Å². The minimum absolute atomic E-state index is 0.0502. The van der Waals surface area contributed by atoms with E-state index in [1.54, 1.807) is 0 Å². The molecule has 1 aliphatic rings. The molecule has 0 saturated carbocycles. The lowest BCUT2D eigenvalue weighted by molar-refractivity contribution is -0.173. The second-order valence-electron chi connectivity index (χ2n) is 4.95. The second-order valence-corrected chi connectivity index (χ2v) is 4.95. The number of amides is 2. The first-order valence-corrected chi connectivity index (χ1v) is 7.03. The third kappa shape index (κ3) is 5.28. The van der Waals surface area contributed by atoms with Gasteiger partial charge in [-0.1, -0.05) is 13.8 Å². The Balaban J connectivity index is 2.38. The summed E-state index contributed by atoms with van der Waals surface area (Å²) in [6, 6.07) is -0.772. The molecule has 0 aromatic heterocycles. The highest BCUT2D eigenvalue weighted by molar-refractivity contribution is 6.05. The average molecular weight is 310 g/mol. The van der Waals surface area contributed by atoms with Crippen LogP contribution in [0.15, 0.2) is 0 Å². The smallest absolute Gasteiger partial charge is 0.371 e.